The Morgan fingerprint density at radius 1 is 1.33 bits per heavy atom. The van der Waals surface area contributed by atoms with Crippen molar-refractivity contribution in [3.63, 3.8) is 0 Å². The van der Waals surface area contributed by atoms with E-state index < -0.39 is 0 Å². The number of rotatable bonds is 5. The van der Waals surface area contributed by atoms with Crippen LogP contribution in [-0.2, 0) is 4.79 Å². The van der Waals surface area contributed by atoms with Gasteiger partial charge in [0.15, 0.2) is 0 Å². The maximum Gasteiger partial charge on any atom is 0.234 e. The molecule has 0 unspecified atom stereocenters. The van der Waals surface area contributed by atoms with Crippen molar-refractivity contribution in [2.75, 3.05) is 37.6 Å². The molecule has 0 spiro atoms. The molecule has 1 aliphatic carbocycles. The number of pyridine rings is 1. The van der Waals surface area contributed by atoms with E-state index in [2.05, 4.69) is 27.0 Å². The van der Waals surface area contributed by atoms with Crippen LogP contribution in [0.1, 0.15) is 19.8 Å². The van der Waals surface area contributed by atoms with Gasteiger partial charge in [-0.3, -0.25) is 9.69 Å². The van der Waals surface area contributed by atoms with Gasteiger partial charge in [0.2, 0.25) is 5.91 Å². The molecule has 0 aromatic carbocycles. The second-order valence-corrected chi connectivity index (χ2v) is 6.14. The molecule has 1 saturated carbocycles. The van der Waals surface area contributed by atoms with E-state index in [9.17, 15) is 4.79 Å². The van der Waals surface area contributed by atoms with Crippen molar-refractivity contribution < 1.29 is 4.79 Å². The molecule has 5 nitrogen and oxygen atoms in total. The third-order valence-electron chi connectivity index (χ3n) is 4.43. The lowest BCUT2D eigenvalue weighted by atomic mass is 10.2. The number of anilines is 1. The Morgan fingerprint density at radius 2 is 2.10 bits per heavy atom. The molecule has 114 valence electrons. The summed E-state index contributed by atoms with van der Waals surface area (Å²) in [4.78, 5) is 20.9. The van der Waals surface area contributed by atoms with Crippen molar-refractivity contribution >= 4 is 11.7 Å². The largest absolute Gasteiger partial charge is 0.354 e. The van der Waals surface area contributed by atoms with E-state index in [4.69, 9.17) is 0 Å². The molecule has 1 atom stereocenters. The highest BCUT2D eigenvalue weighted by Crippen LogP contribution is 2.32. The summed E-state index contributed by atoms with van der Waals surface area (Å²) < 4.78 is 0. The standard InChI is InChI=1S/C16H24N4O/c1-13(14-5-6-14)18-16(21)12-19-8-10-20(11-9-19)15-4-2-3-7-17-15/h2-4,7,13-14H,5-6,8-12H2,1H3,(H,18,21)/t13-/m0/s1. The number of hydrogen-bond donors (Lipinski definition) is 1. The Kier molecular flexibility index (Phi) is 4.39. The minimum Gasteiger partial charge on any atom is -0.354 e. The van der Waals surface area contributed by atoms with Gasteiger partial charge in [-0.15, -0.1) is 0 Å². The van der Waals surface area contributed by atoms with Crippen LogP contribution in [0.5, 0.6) is 0 Å². The second-order valence-electron chi connectivity index (χ2n) is 6.14. The van der Waals surface area contributed by atoms with Crippen molar-refractivity contribution in [3.8, 4) is 0 Å². The van der Waals surface area contributed by atoms with Crippen LogP contribution >= 0.6 is 0 Å². The van der Waals surface area contributed by atoms with Gasteiger partial charge in [0.25, 0.3) is 0 Å². The van der Waals surface area contributed by atoms with E-state index in [-0.39, 0.29) is 5.91 Å². The maximum atomic E-state index is 12.0. The van der Waals surface area contributed by atoms with E-state index in [0.717, 1.165) is 37.9 Å². The number of hydrogen-bond acceptors (Lipinski definition) is 4. The Labute approximate surface area is 126 Å². The smallest absolute Gasteiger partial charge is 0.234 e. The first-order valence-corrected chi connectivity index (χ1v) is 7.90. The molecule has 1 aromatic rings. The average molecular weight is 288 g/mol. The summed E-state index contributed by atoms with van der Waals surface area (Å²) in [6.07, 6.45) is 4.36. The fourth-order valence-electron chi connectivity index (χ4n) is 2.89. The molecule has 0 bridgehead atoms. The van der Waals surface area contributed by atoms with Gasteiger partial charge >= 0.3 is 0 Å². The molecule has 1 N–H and O–H groups in total. The minimum atomic E-state index is 0.167. The Hall–Kier alpha value is -1.62. The van der Waals surface area contributed by atoms with E-state index >= 15 is 0 Å². The lowest BCUT2D eigenvalue weighted by Gasteiger charge is -2.35. The molecule has 0 radical (unpaired) electrons. The lowest BCUT2D eigenvalue weighted by molar-refractivity contribution is -0.123. The van der Waals surface area contributed by atoms with Crippen LogP contribution in [0.3, 0.4) is 0 Å². The first kappa shape index (κ1) is 14.3. The monoisotopic (exact) mass is 288 g/mol. The number of nitrogens with one attached hydrogen (secondary N) is 1. The zero-order chi connectivity index (χ0) is 14.7. The van der Waals surface area contributed by atoms with Crippen LogP contribution in [-0.4, -0.2) is 54.6 Å². The number of carbonyl (C=O) groups excluding carboxylic acids is 1. The molecule has 2 aliphatic rings. The van der Waals surface area contributed by atoms with Crippen LogP contribution in [0.4, 0.5) is 5.82 Å². The van der Waals surface area contributed by atoms with Crippen molar-refractivity contribution in [2.24, 2.45) is 5.92 Å². The first-order valence-electron chi connectivity index (χ1n) is 7.90. The second kappa shape index (κ2) is 6.43. The minimum absolute atomic E-state index is 0.167. The van der Waals surface area contributed by atoms with Crippen LogP contribution in [0, 0.1) is 5.92 Å². The SMILES string of the molecule is C[C@H](NC(=O)CN1CCN(c2ccccn2)CC1)C1CC1. The first-order chi connectivity index (χ1) is 10.2. The number of amides is 1. The van der Waals surface area contributed by atoms with Gasteiger partial charge in [-0.2, -0.15) is 0 Å². The number of carbonyl (C=O) groups is 1. The summed E-state index contributed by atoms with van der Waals surface area (Å²) in [5.74, 6) is 1.92. The summed E-state index contributed by atoms with van der Waals surface area (Å²) in [7, 11) is 0. The summed E-state index contributed by atoms with van der Waals surface area (Å²) >= 11 is 0. The molecule has 2 heterocycles. The number of piperazine rings is 1. The third-order valence-corrected chi connectivity index (χ3v) is 4.43. The van der Waals surface area contributed by atoms with E-state index in [1.165, 1.54) is 12.8 Å². The van der Waals surface area contributed by atoms with Crippen LogP contribution in [0.25, 0.3) is 0 Å². The summed E-state index contributed by atoms with van der Waals surface area (Å²) in [6.45, 7) is 6.34. The molecule has 21 heavy (non-hydrogen) atoms. The Bertz CT molecular complexity index is 466. The third kappa shape index (κ3) is 3.94. The Balaban J connectivity index is 1.42. The van der Waals surface area contributed by atoms with E-state index in [0.29, 0.717) is 12.6 Å². The molecule has 2 fully saturated rings. The fourth-order valence-corrected chi connectivity index (χ4v) is 2.89. The van der Waals surface area contributed by atoms with Crippen LogP contribution < -0.4 is 10.2 Å². The van der Waals surface area contributed by atoms with E-state index in [1.807, 2.05) is 24.4 Å². The highest BCUT2D eigenvalue weighted by atomic mass is 16.2. The molecular formula is C16H24N4O. The molecule has 1 aliphatic heterocycles. The maximum absolute atomic E-state index is 12.0. The van der Waals surface area contributed by atoms with Crippen molar-refractivity contribution in [3.05, 3.63) is 24.4 Å². The predicted molar refractivity (Wildman–Crippen MR) is 83.2 cm³/mol. The van der Waals surface area contributed by atoms with Crippen LogP contribution in [0.15, 0.2) is 24.4 Å². The highest BCUT2D eigenvalue weighted by molar-refractivity contribution is 5.78. The van der Waals surface area contributed by atoms with E-state index in [1.54, 1.807) is 0 Å². The Morgan fingerprint density at radius 3 is 2.71 bits per heavy atom. The van der Waals surface area contributed by atoms with Gasteiger partial charge in [0.05, 0.1) is 6.54 Å². The molecular weight excluding hydrogens is 264 g/mol. The van der Waals surface area contributed by atoms with Gasteiger partial charge < -0.3 is 10.2 Å². The zero-order valence-electron chi connectivity index (χ0n) is 12.7. The molecule has 1 saturated heterocycles. The summed E-state index contributed by atoms with van der Waals surface area (Å²) in [5.41, 5.74) is 0. The van der Waals surface area contributed by atoms with Gasteiger partial charge in [-0.1, -0.05) is 6.07 Å². The van der Waals surface area contributed by atoms with Gasteiger partial charge in [0.1, 0.15) is 5.82 Å². The van der Waals surface area contributed by atoms with Gasteiger partial charge in [-0.05, 0) is 37.8 Å². The topological polar surface area (TPSA) is 48.5 Å². The summed E-state index contributed by atoms with van der Waals surface area (Å²) in [6, 6.07) is 6.33. The lowest BCUT2D eigenvalue weighted by Crippen LogP contribution is -2.50. The number of aromatic nitrogens is 1. The quantitative estimate of drug-likeness (QED) is 0.882. The fraction of sp³-hybridized carbons (Fsp3) is 0.625. The number of nitrogens with zero attached hydrogens (tertiary/aromatic N) is 3. The van der Waals surface area contributed by atoms with Gasteiger partial charge in [0, 0.05) is 38.4 Å². The summed E-state index contributed by atoms with van der Waals surface area (Å²) in [5, 5.41) is 3.13. The predicted octanol–water partition coefficient (Wildman–Crippen LogP) is 1.12. The molecule has 1 amide bonds. The van der Waals surface area contributed by atoms with Crippen molar-refractivity contribution in [1.82, 2.24) is 15.2 Å². The van der Waals surface area contributed by atoms with Crippen LogP contribution in [0.2, 0.25) is 0 Å². The average Bonchev–Trinajstić information content (AvgIpc) is 3.33. The molecule has 5 heteroatoms. The zero-order valence-corrected chi connectivity index (χ0v) is 12.7. The van der Waals surface area contributed by atoms with Crippen molar-refractivity contribution in [2.45, 2.75) is 25.8 Å². The van der Waals surface area contributed by atoms with Crippen molar-refractivity contribution in [1.29, 1.82) is 0 Å². The highest BCUT2D eigenvalue weighted by Gasteiger charge is 2.29. The van der Waals surface area contributed by atoms with Gasteiger partial charge in [-0.25, -0.2) is 4.98 Å². The molecule has 1 aromatic heterocycles. The molecule has 3 rings (SSSR count). The normalized spacial score (nSPS) is 21.1.